The Balaban J connectivity index is 2.64. The van der Waals surface area contributed by atoms with Crippen LogP contribution < -0.4 is 0 Å². The van der Waals surface area contributed by atoms with Gasteiger partial charge in [-0.2, -0.15) is 0 Å². The number of hydrogen-bond acceptors (Lipinski definition) is 3. The molecule has 1 aliphatic heterocycles. The molecule has 1 heterocycles. The summed E-state index contributed by atoms with van der Waals surface area (Å²) in [6.45, 7) is 5.53. The Kier molecular flexibility index (Phi) is 8.75. The van der Waals surface area contributed by atoms with E-state index in [2.05, 4.69) is 11.8 Å². The maximum Gasteiger partial charge on any atom is 0.332 e. The van der Waals surface area contributed by atoms with Crippen molar-refractivity contribution in [2.24, 2.45) is 0 Å². The van der Waals surface area contributed by atoms with Crippen LogP contribution in [0.4, 0.5) is 0 Å². The van der Waals surface area contributed by atoms with Crippen LogP contribution in [0.5, 0.6) is 0 Å². The van der Waals surface area contributed by atoms with Crippen LogP contribution in [0.1, 0.15) is 58.8 Å². The van der Waals surface area contributed by atoms with Crippen molar-refractivity contribution in [3.63, 3.8) is 0 Å². The molecule has 0 bridgehead atoms. The van der Waals surface area contributed by atoms with E-state index in [0.29, 0.717) is 18.5 Å². The molecule has 1 unspecified atom stereocenters. The summed E-state index contributed by atoms with van der Waals surface area (Å²) in [4.78, 5) is 14.0. The maximum absolute atomic E-state index is 11.6. The molecule has 1 rings (SSSR count). The molecule has 1 fully saturated rings. The molecule has 1 saturated heterocycles. The van der Waals surface area contributed by atoms with Crippen molar-refractivity contribution >= 4 is 17.6 Å². The first-order valence-electron chi connectivity index (χ1n) is 7.92. The fourth-order valence-electron chi connectivity index (χ4n) is 2.82. The summed E-state index contributed by atoms with van der Waals surface area (Å²) in [5.74, 6) is 0.465. The fourth-order valence-corrected chi connectivity index (χ4v) is 3.07. The number of hydrogen-bond donors (Lipinski definition) is 0. The van der Waals surface area contributed by atoms with Crippen LogP contribution >= 0.6 is 11.6 Å². The molecular formula is C16H28ClNO2. The maximum atomic E-state index is 11.6. The number of halogens is 1. The van der Waals surface area contributed by atoms with E-state index in [1.807, 2.05) is 6.92 Å². The van der Waals surface area contributed by atoms with Gasteiger partial charge in [0, 0.05) is 30.2 Å². The van der Waals surface area contributed by atoms with E-state index in [9.17, 15) is 4.79 Å². The van der Waals surface area contributed by atoms with Crippen molar-refractivity contribution in [1.82, 2.24) is 4.90 Å². The van der Waals surface area contributed by atoms with Crippen LogP contribution in [0.15, 0.2) is 11.8 Å². The van der Waals surface area contributed by atoms with Crippen molar-refractivity contribution in [3.05, 3.63) is 11.8 Å². The third-order valence-corrected chi connectivity index (χ3v) is 4.01. The van der Waals surface area contributed by atoms with E-state index in [-0.39, 0.29) is 5.97 Å². The van der Waals surface area contributed by atoms with Crippen LogP contribution in [0, 0.1) is 0 Å². The molecule has 0 aliphatic carbocycles. The van der Waals surface area contributed by atoms with Gasteiger partial charge in [-0.15, -0.1) is 11.6 Å². The van der Waals surface area contributed by atoms with Crippen LogP contribution in [-0.2, 0) is 9.53 Å². The zero-order valence-corrected chi connectivity index (χ0v) is 13.6. The number of rotatable bonds is 9. The molecule has 0 saturated carbocycles. The van der Waals surface area contributed by atoms with Crippen LogP contribution in [0.2, 0.25) is 0 Å². The highest BCUT2D eigenvalue weighted by Gasteiger charge is 2.25. The Bertz CT molecular complexity index is 318. The van der Waals surface area contributed by atoms with E-state index in [1.165, 1.54) is 25.7 Å². The molecule has 3 nitrogen and oxygen atoms in total. The van der Waals surface area contributed by atoms with Crippen LogP contribution in [0.3, 0.4) is 0 Å². The molecule has 0 aromatic heterocycles. The van der Waals surface area contributed by atoms with Gasteiger partial charge in [-0.3, -0.25) is 0 Å². The summed E-state index contributed by atoms with van der Waals surface area (Å²) < 4.78 is 5.02. The monoisotopic (exact) mass is 301 g/mol. The predicted octanol–water partition coefficient (Wildman–Crippen LogP) is 4.11. The van der Waals surface area contributed by atoms with Crippen molar-refractivity contribution in [3.8, 4) is 0 Å². The number of likely N-dealkylation sites (tertiary alicyclic amines) is 1. The lowest BCUT2D eigenvalue weighted by molar-refractivity contribution is -0.137. The van der Waals surface area contributed by atoms with Crippen LogP contribution in [-0.4, -0.2) is 35.9 Å². The summed E-state index contributed by atoms with van der Waals surface area (Å²) in [6.07, 6.45) is 9.68. The lowest BCUT2D eigenvalue weighted by Gasteiger charge is -2.30. The van der Waals surface area contributed by atoms with Gasteiger partial charge in [0.15, 0.2) is 0 Å². The SMILES string of the molecule is CCCCCC(CCCl)N1CCC/C1=C\C(=O)OCC. The molecule has 0 radical (unpaired) electrons. The lowest BCUT2D eigenvalue weighted by atomic mass is 10.0. The summed E-state index contributed by atoms with van der Waals surface area (Å²) in [5, 5.41) is 0. The van der Waals surface area contributed by atoms with Crippen molar-refractivity contribution in [2.45, 2.75) is 64.8 Å². The number of carbonyl (C=O) groups excluding carboxylic acids is 1. The zero-order valence-electron chi connectivity index (χ0n) is 12.9. The highest BCUT2D eigenvalue weighted by Crippen LogP contribution is 2.28. The number of carbonyl (C=O) groups is 1. The first kappa shape index (κ1) is 17.4. The average molecular weight is 302 g/mol. The van der Waals surface area contributed by atoms with E-state index in [4.69, 9.17) is 16.3 Å². The number of esters is 1. The van der Waals surface area contributed by atoms with E-state index < -0.39 is 0 Å². The van der Waals surface area contributed by atoms with Gasteiger partial charge in [0.25, 0.3) is 0 Å². The molecule has 0 spiro atoms. The molecule has 116 valence electrons. The summed E-state index contributed by atoms with van der Waals surface area (Å²) >= 11 is 5.95. The smallest absolute Gasteiger partial charge is 0.332 e. The van der Waals surface area contributed by atoms with Crippen LogP contribution in [0.25, 0.3) is 0 Å². The summed E-state index contributed by atoms with van der Waals surface area (Å²) in [6, 6.07) is 0.474. The quantitative estimate of drug-likeness (QED) is 0.278. The Morgan fingerprint density at radius 2 is 2.20 bits per heavy atom. The second-order valence-corrected chi connectivity index (χ2v) is 5.69. The molecular weight excluding hydrogens is 274 g/mol. The molecule has 1 aliphatic rings. The number of nitrogens with zero attached hydrogens (tertiary/aromatic N) is 1. The van der Waals surface area contributed by atoms with Crippen molar-refractivity contribution in [2.75, 3.05) is 19.0 Å². The Morgan fingerprint density at radius 1 is 1.40 bits per heavy atom. The number of ether oxygens (including phenoxy) is 1. The topological polar surface area (TPSA) is 29.5 Å². The van der Waals surface area contributed by atoms with E-state index >= 15 is 0 Å². The molecule has 0 aromatic carbocycles. The van der Waals surface area contributed by atoms with Crippen molar-refractivity contribution in [1.29, 1.82) is 0 Å². The third-order valence-electron chi connectivity index (χ3n) is 3.80. The number of allylic oxidation sites excluding steroid dienone is 1. The highest BCUT2D eigenvalue weighted by atomic mass is 35.5. The molecule has 20 heavy (non-hydrogen) atoms. The average Bonchev–Trinajstić information content (AvgIpc) is 2.86. The third kappa shape index (κ3) is 5.74. The van der Waals surface area contributed by atoms with Gasteiger partial charge in [-0.1, -0.05) is 26.2 Å². The van der Waals surface area contributed by atoms with Gasteiger partial charge in [0.05, 0.1) is 6.61 Å². The second-order valence-electron chi connectivity index (χ2n) is 5.31. The highest BCUT2D eigenvalue weighted by molar-refractivity contribution is 6.17. The molecule has 0 aromatic rings. The first-order valence-corrected chi connectivity index (χ1v) is 8.46. The molecule has 4 heteroatoms. The minimum atomic E-state index is -0.215. The van der Waals surface area contributed by atoms with Gasteiger partial charge < -0.3 is 9.64 Å². The van der Waals surface area contributed by atoms with E-state index in [1.54, 1.807) is 6.08 Å². The minimum Gasteiger partial charge on any atom is -0.463 e. The van der Waals surface area contributed by atoms with Gasteiger partial charge in [-0.05, 0) is 32.6 Å². The fraction of sp³-hybridized carbons (Fsp3) is 0.812. The molecule has 0 amide bonds. The van der Waals surface area contributed by atoms with Gasteiger partial charge in [0.1, 0.15) is 0 Å². The van der Waals surface area contributed by atoms with Crippen molar-refractivity contribution < 1.29 is 9.53 Å². The normalized spacial score (nSPS) is 18.6. The van der Waals surface area contributed by atoms with Gasteiger partial charge in [0.2, 0.25) is 0 Å². The van der Waals surface area contributed by atoms with Gasteiger partial charge >= 0.3 is 5.97 Å². The summed E-state index contributed by atoms with van der Waals surface area (Å²) in [7, 11) is 0. The minimum absolute atomic E-state index is 0.215. The summed E-state index contributed by atoms with van der Waals surface area (Å²) in [5.41, 5.74) is 1.13. The lowest BCUT2D eigenvalue weighted by Crippen LogP contribution is -2.32. The molecule has 1 atom stereocenters. The van der Waals surface area contributed by atoms with E-state index in [0.717, 1.165) is 31.5 Å². The Hall–Kier alpha value is -0.700. The second kappa shape index (κ2) is 10.1. The van der Waals surface area contributed by atoms with Gasteiger partial charge in [-0.25, -0.2) is 4.79 Å². The zero-order chi connectivity index (χ0) is 14.8. The number of unbranched alkanes of at least 4 members (excludes halogenated alkanes) is 2. The Labute approximate surface area is 128 Å². The standard InChI is InChI=1S/C16H28ClNO2/c1-3-5-6-8-14(10-11-17)18-12-7-9-15(18)13-16(19)20-4-2/h13-14H,3-12H2,1-2H3/b15-13+. The Morgan fingerprint density at radius 3 is 2.85 bits per heavy atom. The largest absolute Gasteiger partial charge is 0.463 e. The predicted molar refractivity (Wildman–Crippen MR) is 83.9 cm³/mol. The number of alkyl halides is 1. The first-order chi connectivity index (χ1) is 9.72. The molecule has 0 N–H and O–H groups in total.